The Bertz CT molecular complexity index is 895. The average molecular weight is 361 g/mol. The molecule has 0 atom stereocenters. The molecule has 0 aliphatic heterocycles. The summed E-state index contributed by atoms with van der Waals surface area (Å²) >= 11 is 1.11. The second-order valence-corrected chi connectivity index (χ2v) is 6.78. The Hall–Kier alpha value is -2.38. The molecule has 1 aromatic carbocycles. The van der Waals surface area contributed by atoms with Gasteiger partial charge < -0.3 is 4.18 Å². The standard InChI is InChI=1S/C13H6F3NO4S2/c14-13(15,16)23(19,20)21-11-3-1-8(5-9(11)6-17)12-4-2-10(7-18)22-12/h1-5,7H. The third kappa shape index (κ3) is 3.52. The number of halogens is 3. The second kappa shape index (κ2) is 6.02. The molecule has 2 rings (SSSR count). The number of thiophene rings is 1. The average Bonchev–Trinajstić information content (AvgIpc) is 2.95. The summed E-state index contributed by atoms with van der Waals surface area (Å²) in [5.41, 5.74) is -5.53. The minimum Gasteiger partial charge on any atom is -0.375 e. The number of alkyl halides is 3. The first kappa shape index (κ1) is 17.0. The molecule has 0 N–H and O–H groups in total. The lowest BCUT2D eigenvalue weighted by Crippen LogP contribution is -2.28. The number of nitrogens with zero attached hydrogens (tertiary/aromatic N) is 1. The van der Waals surface area contributed by atoms with Crippen molar-refractivity contribution in [2.24, 2.45) is 0 Å². The molecule has 120 valence electrons. The quantitative estimate of drug-likeness (QED) is 0.474. The van der Waals surface area contributed by atoms with Crippen LogP contribution in [-0.4, -0.2) is 20.2 Å². The molecule has 0 amide bonds. The van der Waals surface area contributed by atoms with Crippen LogP contribution in [0.15, 0.2) is 30.3 Å². The van der Waals surface area contributed by atoms with Gasteiger partial charge >= 0.3 is 15.6 Å². The van der Waals surface area contributed by atoms with E-state index in [2.05, 4.69) is 4.18 Å². The highest BCUT2D eigenvalue weighted by molar-refractivity contribution is 7.88. The molecular weight excluding hydrogens is 355 g/mol. The van der Waals surface area contributed by atoms with E-state index in [9.17, 15) is 26.4 Å². The Morgan fingerprint density at radius 3 is 2.43 bits per heavy atom. The van der Waals surface area contributed by atoms with E-state index in [4.69, 9.17) is 5.26 Å². The van der Waals surface area contributed by atoms with Gasteiger partial charge in [0.15, 0.2) is 12.0 Å². The van der Waals surface area contributed by atoms with Crippen LogP contribution in [0.2, 0.25) is 0 Å². The van der Waals surface area contributed by atoms with Crippen LogP contribution in [0, 0.1) is 11.3 Å². The SMILES string of the molecule is N#Cc1cc(-c2ccc(C=O)s2)ccc1OS(=O)(=O)C(F)(F)F. The summed E-state index contributed by atoms with van der Waals surface area (Å²) in [5.74, 6) is -0.722. The fraction of sp³-hybridized carbons (Fsp3) is 0.0769. The number of carbonyl (C=O) groups is 1. The number of aldehydes is 1. The Morgan fingerprint density at radius 1 is 1.22 bits per heavy atom. The molecule has 23 heavy (non-hydrogen) atoms. The van der Waals surface area contributed by atoms with Crippen molar-refractivity contribution in [3.8, 4) is 22.3 Å². The fourth-order valence-electron chi connectivity index (χ4n) is 1.58. The third-order valence-corrected chi connectivity index (χ3v) is 4.64. The molecule has 0 aliphatic carbocycles. The maximum Gasteiger partial charge on any atom is 0.534 e. The summed E-state index contributed by atoms with van der Waals surface area (Å²) in [5, 5.41) is 8.98. The molecule has 1 aromatic heterocycles. The summed E-state index contributed by atoms with van der Waals surface area (Å²) in [7, 11) is -5.86. The van der Waals surface area contributed by atoms with Crippen molar-refractivity contribution in [3.63, 3.8) is 0 Å². The zero-order chi connectivity index (χ0) is 17.3. The lowest BCUT2D eigenvalue weighted by molar-refractivity contribution is -0.0500. The Kier molecular flexibility index (Phi) is 4.44. The number of nitriles is 1. The van der Waals surface area contributed by atoms with E-state index in [-0.39, 0.29) is 5.56 Å². The molecule has 0 spiro atoms. The van der Waals surface area contributed by atoms with Gasteiger partial charge in [-0.1, -0.05) is 0 Å². The van der Waals surface area contributed by atoms with Gasteiger partial charge in [-0.2, -0.15) is 26.9 Å². The molecule has 0 fully saturated rings. The minimum atomic E-state index is -5.86. The van der Waals surface area contributed by atoms with Crippen LogP contribution in [0.4, 0.5) is 13.2 Å². The maximum atomic E-state index is 12.3. The molecule has 0 aliphatic rings. The van der Waals surface area contributed by atoms with Crippen molar-refractivity contribution in [2.45, 2.75) is 5.51 Å². The van der Waals surface area contributed by atoms with Gasteiger partial charge in [0.2, 0.25) is 0 Å². The van der Waals surface area contributed by atoms with Gasteiger partial charge in [0.1, 0.15) is 6.07 Å². The van der Waals surface area contributed by atoms with Crippen molar-refractivity contribution in [3.05, 3.63) is 40.8 Å². The van der Waals surface area contributed by atoms with Crippen molar-refractivity contribution in [1.82, 2.24) is 0 Å². The summed E-state index contributed by atoms with van der Waals surface area (Å²) < 4.78 is 62.9. The summed E-state index contributed by atoms with van der Waals surface area (Å²) in [6.07, 6.45) is 0.632. The van der Waals surface area contributed by atoms with E-state index >= 15 is 0 Å². The summed E-state index contributed by atoms with van der Waals surface area (Å²) in [4.78, 5) is 11.7. The fourth-order valence-corrected chi connectivity index (χ4v) is 2.88. The van der Waals surface area contributed by atoms with Crippen molar-refractivity contribution in [2.75, 3.05) is 0 Å². The van der Waals surface area contributed by atoms with E-state index in [1.165, 1.54) is 18.2 Å². The molecule has 0 saturated heterocycles. The first-order valence-corrected chi connectivity index (χ1v) is 8.00. The number of benzene rings is 1. The van der Waals surface area contributed by atoms with Gasteiger partial charge in [-0.05, 0) is 35.9 Å². The highest BCUT2D eigenvalue weighted by Crippen LogP contribution is 2.33. The van der Waals surface area contributed by atoms with Crippen molar-refractivity contribution in [1.29, 1.82) is 5.26 Å². The zero-order valence-electron chi connectivity index (χ0n) is 11.0. The predicted molar refractivity (Wildman–Crippen MR) is 75.5 cm³/mol. The van der Waals surface area contributed by atoms with Gasteiger partial charge in [0.05, 0.1) is 10.4 Å². The van der Waals surface area contributed by atoms with Gasteiger partial charge in [0.25, 0.3) is 0 Å². The molecule has 10 heteroatoms. The first-order valence-electron chi connectivity index (χ1n) is 5.78. The van der Waals surface area contributed by atoms with Crippen LogP contribution in [0.5, 0.6) is 5.75 Å². The van der Waals surface area contributed by atoms with Crippen LogP contribution in [0.1, 0.15) is 15.2 Å². The van der Waals surface area contributed by atoms with Crippen LogP contribution in [0.25, 0.3) is 10.4 Å². The topological polar surface area (TPSA) is 84.2 Å². The summed E-state index contributed by atoms with van der Waals surface area (Å²) in [6, 6.07) is 8.15. The Labute approximate surface area is 132 Å². The Morgan fingerprint density at radius 2 is 1.91 bits per heavy atom. The molecule has 1 heterocycles. The molecule has 5 nitrogen and oxygen atoms in total. The van der Waals surface area contributed by atoms with E-state index in [0.29, 0.717) is 21.6 Å². The first-order chi connectivity index (χ1) is 10.7. The van der Waals surface area contributed by atoms with Crippen LogP contribution >= 0.6 is 11.3 Å². The number of carbonyl (C=O) groups excluding carboxylic acids is 1. The van der Waals surface area contributed by atoms with E-state index < -0.39 is 21.4 Å². The smallest absolute Gasteiger partial charge is 0.375 e. The lowest BCUT2D eigenvalue weighted by atomic mass is 10.1. The second-order valence-electron chi connectivity index (χ2n) is 4.13. The Balaban J connectivity index is 2.42. The molecule has 2 aromatic rings. The van der Waals surface area contributed by atoms with Gasteiger partial charge in [-0.25, -0.2) is 0 Å². The minimum absolute atomic E-state index is 0.378. The maximum absolute atomic E-state index is 12.3. The summed E-state index contributed by atoms with van der Waals surface area (Å²) in [6.45, 7) is 0. The molecule has 0 saturated carbocycles. The molecule has 0 bridgehead atoms. The molecule has 0 unspecified atom stereocenters. The zero-order valence-corrected chi connectivity index (χ0v) is 12.6. The number of hydrogen-bond donors (Lipinski definition) is 0. The van der Waals surface area contributed by atoms with E-state index in [1.54, 1.807) is 12.1 Å². The van der Waals surface area contributed by atoms with Gasteiger partial charge in [-0.3, -0.25) is 4.79 Å². The number of rotatable bonds is 4. The lowest BCUT2D eigenvalue weighted by Gasteiger charge is -2.11. The third-order valence-electron chi connectivity index (χ3n) is 2.61. The van der Waals surface area contributed by atoms with E-state index in [0.717, 1.165) is 17.4 Å². The monoisotopic (exact) mass is 361 g/mol. The number of hydrogen-bond acceptors (Lipinski definition) is 6. The van der Waals surface area contributed by atoms with Crippen molar-refractivity contribution < 1.29 is 30.6 Å². The van der Waals surface area contributed by atoms with Crippen LogP contribution in [0.3, 0.4) is 0 Å². The highest BCUT2D eigenvalue weighted by atomic mass is 32.2. The van der Waals surface area contributed by atoms with E-state index in [1.807, 2.05) is 0 Å². The predicted octanol–water partition coefficient (Wildman–Crippen LogP) is 3.33. The van der Waals surface area contributed by atoms with Gasteiger partial charge in [0, 0.05) is 4.88 Å². The van der Waals surface area contributed by atoms with Crippen LogP contribution in [-0.2, 0) is 10.1 Å². The van der Waals surface area contributed by atoms with Gasteiger partial charge in [-0.15, -0.1) is 11.3 Å². The van der Waals surface area contributed by atoms with Crippen LogP contribution < -0.4 is 4.18 Å². The van der Waals surface area contributed by atoms with Crippen molar-refractivity contribution >= 4 is 27.7 Å². The molecule has 0 radical (unpaired) electrons. The normalized spacial score (nSPS) is 11.7. The largest absolute Gasteiger partial charge is 0.534 e. The molecular formula is C13H6F3NO4S2. The highest BCUT2D eigenvalue weighted by Gasteiger charge is 2.48.